The summed E-state index contributed by atoms with van der Waals surface area (Å²) >= 11 is 1.73. The number of hydrogen-bond acceptors (Lipinski definition) is 5. The molecule has 0 spiro atoms. The van der Waals surface area contributed by atoms with Gasteiger partial charge in [-0.05, 0) is 43.5 Å². The van der Waals surface area contributed by atoms with Crippen LogP contribution in [0.25, 0.3) is 0 Å². The first kappa shape index (κ1) is 14.6. The topological polar surface area (TPSA) is 61.0 Å². The van der Waals surface area contributed by atoms with Gasteiger partial charge < -0.3 is 10.2 Å². The molecule has 0 radical (unpaired) electrons. The highest BCUT2D eigenvalue weighted by Gasteiger charge is 2.17. The summed E-state index contributed by atoms with van der Waals surface area (Å²) in [5.41, 5.74) is 3.92. The highest BCUT2D eigenvalue weighted by Crippen LogP contribution is 2.27. The average molecular weight is 328 g/mol. The van der Waals surface area contributed by atoms with Gasteiger partial charge in [0.1, 0.15) is 0 Å². The smallest absolute Gasteiger partial charge is 0.256 e. The van der Waals surface area contributed by atoms with Crippen LogP contribution in [0, 0.1) is 0 Å². The summed E-state index contributed by atoms with van der Waals surface area (Å²) in [7, 11) is 0. The van der Waals surface area contributed by atoms with Crippen LogP contribution in [0.15, 0.2) is 29.1 Å². The van der Waals surface area contributed by atoms with Crippen LogP contribution in [-0.2, 0) is 11.5 Å². The van der Waals surface area contributed by atoms with E-state index in [0.29, 0.717) is 5.95 Å². The number of aromatic nitrogens is 2. The molecule has 3 heterocycles. The molecule has 120 valence electrons. The standard InChI is InChI=1S/C17H20N4OS/c22-16-14-10-23-11-15(14)19-17(20-16)18-12-4-6-13(7-5-12)21-8-2-1-3-9-21/h4-7H,1-3,8-11H2,(H2,18,19,20,22). The van der Waals surface area contributed by atoms with Crippen LogP contribution in [0.3, 0.4) is 0 Å². The molecule has 0 atom stereocenters. The Morgan fingerprint density at radius 1 is 1.09 bits per heavy atom. The van der Waals surface area contributed by atoms with Gasteiger partial charge in [0.15, 0.2) is 0 Å². The van der Waals surface area contributed by atoms with Crippen LogP contribution in [0.1, 0.15) is 30.5 Å². The minimum atomic E-state index is -0.0209. The van der Waals surface area contributed by atoms with Gasteiger partial charge in [-0.1, -0.05) is 0 Å². The van der Waals surface area contributed by atoms with E-state index in [4.69, 9.17) is 0 Å². The summed E-state index contributed by atoms with van der Waals surface area (Å²) in [5.74, 6) is 2.12. The first-order valence-electron chi connectivity index (χ1n) is 8.11. The van der Waals surface area contributed by atoms with E-state index in [9.17, 15) is 4.79 Å². The lowest BCUT2D eigenvalue weighted by Crippen LogP contribution is -2.29. The summed E-state index contributed by atoms with van der Waals surface area (Å²) < 4.78 is 0. The number of benzene rings is 1. The van der Waals surface area contributed by atoms with Crippen molar-refractivity contribution in [1.29, 1.82) is 0 Å². The largest absolute Gasteiger partial charge is 0.372 e. The zero-order valence-corrected chi connectivity index (χ0v) is 13.8. The Morgan fingerprint density at radius 2 is 1.87 bits per heavy atom. The zero-order chi connectivity index (χ0) is 15.6. The number of rotatable bonds is 3. The molecule has 23 heavy (non-hydrogen) atoms. The SMILES string of the molecule is O=c1[nH]c(Nc2ccc(N3CCCCC3)cc2)nc2c1CSC2. The molecule has 2 N–H and O–H groups in total. The summed E-state index contributed by atoms with van der Waals surface area (Å²) in [6.07, 6.45) is 3.89. The number of hydrogen-bond donors (Lipinski definition) is 2. The monoisotopic (exact) mass is 328 g/mol. The fourth-order valence-electron chi connectivity index (χ4n) is 3.17. The molecule has 2 aromatic rings. The lowest BCUT2D eigenvalue weighted by atomic mass is 10.1. The highest BCUT2D eigenvalue weighted by molar-refractivity contribution is 7.98. The second-order valence-electron chi connectivity index (χ2n) is 6.05. The van der Waals surface area contributed by atoms with Crippen molar-refractivity contribution in [1.82, 2.24) is 9.97 Å². The number of nitrogens with zero attached hydrogens (tertiary/aromatic N) is 2. The fraction of sp³-hybridized carbons (Fsp3) is 0.412. The predicted octanol–water partition coefficient (Wildman–Crippen LogP) is 3.25. The molecule has 4 rings (SSSR count). The van der Waals surface area contributed by atoms with Crippen LogP contribution in [0.4, 0.5) is 17.3 Å². The van der Waals surface area contributed by atoms with Crippen LogP contribution in [-0.4, -0.2) is 23.1 Å². The Morgan fingerprint density at radius 3 is 2.65 bits per heavy atom. The van der Waals surface area contributed by atoms with E-state index in [2.05, 4.69) is 32.3 Å². The van der Waals surface area contributed by atoms with E-state index in [0.717, 1.165) is 41.5 Å². The number of piperidine rings is 1. The second-order valence-corrected chi connectivity index (χ2v) is 7.04. The van der Waals surface area contributed by atoms with E-state index < -0.39 is 0 Å². The molecule has 1 saturated heterocycles. The molecule has 2 aliphatic rings. The van der Waals surface area contributed by atoms with E-state index >= 15 is 0 Å². The number of aromatic amines is 1. The number of nitrogens with one attached hydrogen (secondary N) is 2. The Bertz CT molecular complexity index is 750. The number of H-pyrrole nitrogens is 1. The Hall–Kier alpha value is -1.95. The summed E-state index contributed by atoms with van der Waals surface area (Å²) in [5, 5.41) is 3.21. The van der Waals surface area contributed by atoms with Crippen LogP contribution >= 0.6 is 11.8 Å². The normalized spacial score (nSPS) is 17.1. The minimum absolute atomic E-state index is 0.0209. The van der Waals surface area contributed by atoms with Crippen molar-refractivity contribution < 1.29 is 0 Å². The lowest BCUT2D eigenvalue weighted by molar-refractivity contribution is 0.578. The predicted molar refractivity (Wildman–Crippen MR) is 95.6 cm³/mol. The molecule has 6 heteroatoms. The number of thioether (sulfide) groups is 1. The maximum Gasteiger partial charge on any atom is 0.256 e. The summed E-state index contributed by atoms with van der Waals surface area (Å²) in [4.78, 5) is 21.8. The number of anilines is 3. The van der Waals surface area contributed by atoms with Gasteiger partial charge in [-0.2, -0.15) is 11.8 Å². The molecule has 1 aromatic heterocycles. The van der Waals surface area contributed by atoms with Crippen molar-refractivity contribution in [2.45, 2.75) is 30.8 Å². The first-order chi connectivity index (χ1) is 11.3. The van der Waals surface area contributed by atoms with Crippen molar-refractivity contribution >= 4 is 29.1 Å². The van der Waals surface area contributed by atoms with Gasteiger partial charge in [-0.15, -0.1) is 0 Å². The Labute approximate surface area is 139 Å². The third kappa shape index (κ3) is 3.08. The molecule has 0 unspecified atom stereocenters. The van der Waals surface area contributed by atoms with Gasteiger partial charge in [-0.25, -0.2) is 4.98 Å². The third-order valence-electron chi connectivity index (χ3n) is 4.44. The van der Waals surface area contributed by atoms with Crippen molar-refractivity contribution in [3.8, 4) is 0 Å². The van der Waals surface area contributed by atoms with Gasteiger partial charge >= 0.3 is 0 Å². The molecule has 0 amide bonds. The Kier molecular flexibility index (Phi) is 3.99. The van der Waals surface area contributed by atoms with Crippen molar-refractivity contribution in [3.05, 3.63) is 45.9 Å². The molecule has 2 aliphatic heterocycles. The van der Waals surface area contributed by atoms with E-state index in [-0.39, 0.29) is 5.56 Å². The molecule has 0 saturated carbocycles. The van der Waals surface area contributed by atoms with Crippen molar-refractivity contribution in [2.75, 3.05) is 23.3 Å². The van der Waals surface area contributed by atoms with Crippen molar-refractivity contribution in [3.63, 3.8) is 0 Å². The molecular weight excluding hydrogens is 308 g/mol. The average Bonchev–Trinajstić information content (AvgIpc) is 3.05. The van der Waals surface area contributed by atoms with E-state index in [1.807, 2.05) is 12.1 Å². The van der Waals surface area contributed by atoms with Gasteiger partial charge in [-0.3, -0.25) is 9.78 Å². The fourth-order valence-corrected chi connectivity index (χ4v) is 4.20. The molecule has 1 fully saturated rings. The number of fused-ring (bicyclic) bond motifs is 1. The maximum absolute atomic E-state index is 12.0. The summed E-state index contributed by atoms with van der Waals surface area (Å²) in [6, 6.07) is 8.36. The minimum Gasteiger partial charge on any atom is -0.372 e. The Balaban J connectivity index is 1.51. The van der Waals surface area contributed by atoms with Crippen LogP contribution < -0.4 is 15.8 Å². The van der Waals surface area contributed by atoms with Crippen molar-refractivity contribution in [2.24, 2.45) is 0 Å². The molecule has 0 aliphatic carbocycles. The van der Waals surface area contributed by atoms with E-state index in [1.165, 1.54) is 24.9 Å². The summed E-state index contributed by atoms with van der Waals surface area (Å²) in [6.45, 7) is 2.29. The maximum atomic E-state index is 12.0. The highest BCUT2D eigenvalue weighted by atomic mass is 32.2. The van der Waals surface area contributed by atoms with Crippen LogP contribution in [0.2, 0.25) is 0 Å². The molecule has 5 nitrogen and oxygen atoms in total. The van der Waals surface area contributed by atoms with Gasteiger partial charge in [0.2, 0.25) is 5.95 Å². The molecule has 1 aromatic carbocycles. The third-order valence-corrected chi connectivity index (χ3v) is 5.41. The molecule has 0 bridgehead atoms. The lowest BCUT2D eigenvalue weighted by Gasteiger charge is -2.28. The van der Waals surface area contributed by atoms with E-state index in [1.54, 1.807) is 11.8 Å². The van der Waals surface area contributed by atoms with Gasteiger partial charge in [0.05, 0.1) is 5.69 Å². The second kappa shape index (κ2) is 6.28. The quantitative estimate of drug-likeness (QED) is 0.906. The van der Waals surface area contributed by atoms with Gasteiger partial charge in [0.25, 0.3) is 5.56 Å². The van der Waals surface area contributed by atoms with Crippen LogP contribution in [0.5, 0.6) is 0 Å². The first-order valence-corrected chi connectivity index (χ1v) is 9.27. The zero-order valence-electron chi connectivity index (χ0n) is 13.0. The molecular formula is C17H20N4OS. The van der Waals surface area contributed by atoms with Gasteiger partial charge in [0, 0.05) is 41.5 Å².